The van der Waals surface area contributed by atoms with Crippen molar-refractivity contribution in [3.63, 3.8) is 0 Å². The molecule has 0 aliphatic carbocycles. The van der Waals surface area contributed by atoms with Crippen LogP contribution in [0.2, 0.25) is 5.02 Å². The van der Waals surface area contributed by atoms with Gasteiger partial charge in [-0.25, -0.2) is 4.79 Å². The van der Waals surface area contributed by atoms with Crippen molar-refractivity contribution in [2.24, 2.45) is 4.99 Å². The number of isocyanates is 1. The number of carbonyl (C=O) groups excluding carboxylic acids is 1. The molecule has 0 aliphatic heterocycles. The minimum Gasteiger partial charge on any atom is -0.211 e. The molecule has 0 radical (unpaired) electrons. The van der Waals surface area contributed by atoms with Crippen LogP contribution in [0.25, 0.3) is 6.08 Å². The Labute approximate surface area is 75.2 Å². The van der Waals surface area contributed by atoms with Crippen molar-refractivity contribution in [3.8, 4) is 0 Å². The quantitative estimate of drug-likeness (QED) is 0.507. The molecule has 1 aromatic carbocycles. The molecule has 0 N–H and O–H groups in total. The van der Waals surface area contributed by atoms with E-state index in [9.17, 15) is 4.79 Å². The normalized spacial score (nSPS) is 9.75. The van der Waals surface area contributed by atoms with Gasteiger partial charge in [0.25, 0.3) is 0 Å². The Balaban J connectivity index is 2.89. The summed E-state index contributed by atoms with van der Waals surface area (Å²) < 4.78 is 0. The van der Waals surface area contributed by atoms with Crippen molar-refractivity contribution in [2.75, 3.05) is 0 Å². The molecule has 0 atom stereocenters. The molecule has 2 nitrogen and oxygen atoms in total. The molecule has 0 heterocycles. The van der Waals surface area contributed by atoms with E-state index in [0.717, 1.165) is 5.56 Å². The van der Waals surface area contributed by atoms with Gasteiger partial charge in [0.1, 0.15) is 0 Å². The van der Waals surface area contributed by atoms with Gasteiger partial charge in [0.05, 0.1) is 0 Å². The summed E-state index contributed by atoms with van der Waals surface area (Å²) >= 11 is 5.81. The lowest BCUT2D eigenvalue weighted by molar-refractivity contribution is 0.565. The molecule has 0 saturated carbocycles. The van der Waals surface area contributed by atoms with Crippen LogP contribution in [-0.2, 0) is 4.79 Å². The Kier molecular flexibility index (Phi) is 3.27. The predicted octanol–water partition coefficient (Wildman–Crippen LogP) is 2.65. The molecule has 1 aromatic rings. The maximum atomic E-state index is 9.70. The fraction of sp³-hybridized carbons (Fsp3) is 0. The van der Waals surface area contributed by atoms with Crippen molar-refractivity contribution >= 4 is 23.8 Å². The fourth-order valence-electron chi connectivity index (χ4n) is 0.758. The lowest BCUT2D eigenvalue weighted by Gasteiger charge is -1.93. The lowest BCUT2D eigenvalue weighted by atomic mass is 10.2. The average Bonchev–Trinajstić information content (AvgIpc) is 2.09. The molecule has 3 heteroatoms. The van der Waals surface area contributed by atoms with Gasteiger partial charge in [0.15, 0.2) is 0 Å². The van der Waals surface area contributed by atoms with Gasteiger partial charge in [0.2, 0.25) is 6.08 Å². The molecule has 0 bridgehead atoms. The highest BCUT2D eigenvalue weighted by molar-refractivity contribution is 6.32. The summed E-state index contributed by atoms with van der Waals surface area (Å²) in [5.74, 6) is 0. The molecule has 0 aromatic heterocycles. The summed E-state index contributed by atoms with van der Waals surface area (Å²) in [5, 5.41) is 0.634. The number of nitrogens with zero attached hydrogens (tertiary/aromatic N) is 1. The minimum absolute atomic E-state index is 0.634. The van der Waals surface area contributed by atoms with Gasteiger partial charge in [-0.05, 0) is 17.7 Å². The van der Waals surface area contributed by atoms with E-state index < -0.39 is 0 Å². The molecule has 60 valence electrons. The van der Waals surface area contributed by atoms with E-state index in [-0.39, 0.29) is 0 Å². The van der Waals surface area contributed by atoms with Crippen LogP contribution in [0.3, 0.4) is 0 Å². The van der Waals surface area contributed by atoms with Gasteiger partial charge in [-0.3, -0.25) is 0 Å². The standard InChI is InChI=1S/C9H6ClNO/c10-9-4-2-1-3-8(9)5-6-11-7-12/h1-6H/b6-5-. The molecule has 12 heavy (non-hydrogen) atoms. The molecule has 0 fully saturated rings. The smallest absolute Gasteiger partial charge is 0.211 e. The van der Waals surface area contributed by atoms with Gasteiger partial charge < -0.3 is 0 Å². The molecule has 1 rings (SSSR count). The topological polar surface area (TPSA) is 29.4 Å². The Morgan fingerprint density at radius 2 is 2.17 bits per heavy atom. The van der Waals surface area contributed by atoms with E-state index >= 15 is 0 Å². The highest BCUT2D eigenvalue weighted by Gasteiger charge is 1.91. The van der Waals surface area contributed by atoms with Crippen molar-refractivity contribution in [1.82, 2.24) is 0 Å². The molecule has 0 saturated heterocycles. The third-order valence-corrected chi connectivity index (χ3v) is 1.63. The Hall–Kier alpha value is -1.37. The van der Waals surface area contributed by atoms with Gasteiger partial charge in [-0.2, -0.15) is 4.99 Å². The van der Waals surface area contributed by atoms with Crippen LogP contribution in [0.15, 0.2) is 35.5 Å². The van der Waals surface area contributed by atoms with E-state index in [1.165, 1.54) is 12.3 Å². The monoisotopic (exact) mass is 179 g/mol. The maximum Gasteiger partial charge on any atom is 0.239 e. The number of hydrogen-bond acceptors (Lipinski definition) is 2. The molecule has 0 unspecified atom stereocenters. The van der Waals surface area contributed by atoms with E-state index in [0.29, 0.717) is 5.02 Å². The summed E-state index contributed by atoms with van der Waals surface area (Å²) in [6, 6.07) is 7.30. The Bertz CT molecular complexity index is 340. The Morgan fingerprint density at radius 1 is 1.42 bits per heavy atom. The maximum absolute atomic E-state index is 9.70. The highest BCUT2D eigenvalue weighted by atomic mass is 35.5. The van der Waals surface area contributed by atoms with E-state index in [2.05, 4.69) is 4.99 Å². The molecule has 0 spiro atoms. The second kappa shape index (κ2) is 4.50. The van der Waals surface area contributed by atoms with Crippen molar-refractivity contribution < 1.29 is 4.79 Å². The van der Waals surface area contributed by atoms with Crippen molar-refractivity contribution in [2.45, 2.75) is 0 Å². The number of halogens is 1. The number of hydrogen-bond donors (Lipinski definition) is 0. The van der Waals surface area contributed by atoms with Crippen molar-refractivity contribution in [1.29, 1.82) is 0 Å². The first-order chi connectivity index (χ1) is 5.84. The van der Waals surface area contributed by atoms with Crippen LogP contribution >= 0.6 is 11.6 Å². The Morgan fingerprint density at radius 3 is 2.83 bits per heavy atom. The van der Waals surface area contributed by atoms with E-state index in [4.69, 9.17) is 11.6 Å². The van der Waals surface area contributed by atoms with Crippen LogP contribution in [0.1, 0.15) is 5.56 Å². The zero-order valence-corrected chi connectivity index (χ0v) is 6.95. The third-order valence-electron chi connectivity index (χ3n) is 1.29. The third kappa shape index (κ3) is 2.35. The summed E-state index contributed by atoms with van der Waals surface area (Å²) in [7, 11) is 0. The van der Waals surface area contributed by atoms with Crippen LogP contribution in [0, 0.1) is 0 Å². The molecule has 0 aliphatic rings. The van der Waals surface area contributed by atoms with Gasteiger partial charge >= 0.3 is 0 Å². The molecular weight excluding hydrogens is 174 g/mol. The summed E-state index contributed by atoms with van der Waals surface area (Å²) in [4.78, 5) is 13.0. The highest BCUT2D eigenvalue weighted by Crippen LogP contribution is 2.15. The number of benzene rings is 1. The first kappa shape index (κ1) is 8.72. The van der Waals surface area contributed by atoms with Gasteiger partial charge in [0, 0.05) is 11.2 Å². The summed E-state index contributed by atoms with van der Waals surface area (Å²) in [5.41, 5.74) is 0.832. The SMILES string of the molecule is O=C=N/C=C\c1ccccc1Cl. The number of rotatable bonds is 2. The van der Waals surface area contributed by atoms with Crippen LogP contribution in [0.4, 0.5) is 0 Å². The summed E-state index contributed by atoms with van der Waals surface area (Å²) in [6.07, 6.45) is 4.40. The van der Waals surface area contributed by atoms with Crippen LogP contribution in [0.5, 0.6) is 0 Å². The minimum atomic E-state index is 0.634. The largest absolute Gasteiger partial charge is 0.239 e. The first-order valence-electron chi connectivity index (χ1n) is 3.32. The fourth-order valence-corrected chi connectivity index (χ4v) is 0.957. The summed E-state index contributed by atoms with van der Waals surface area (Å²) in [6.45, 7) is 0. The zero-order chi connectivity index (χ0) is 8.81. The average molecular weight is 180 g/mol. The lowest BCUT2D eigenvalue weighted by Crippen LogP contribution is -1.71. The zero-order valence-electron chi connectivity index (χ0n) is 6.20. The molecular formula is C9H6ClNO. The van der Waals surface area contributed by atoms with Gasteiger partial charge in [-0.1, -0.05) is 29.8 Å². The molecule has 0 amide bonds. The predicted molar refractivity (Wildman–Crippen MR) is 48.6 cm³/mol. The number of aliphatic imine (C=N–C) groups is 1. The van der Waals surface area contributed by atoms with Crippen LogP contribution in [-0.4, -0.2) is 6.08 Å². The van der Waals surface area contributed by atoms with Crippen LogP contribution < -0.4 is 0 Å². The van der Waals surface area contributed by atoms with Crippen molar-refractivity contribution in [3.05, 3.63) is 41.1 Å². The van der Waals surface area contributed by atoms with Gasteiger partial charge in [-0.15, -0.1) is 0 Å². The second-order valence-electron chi connectivity index (χ2n) is 2.06. The van der Waals surface area contributed by atoms with E-state index in [1.807, 2.05) is 18.2 Å². The van der Waals surface area contributed by atoms with E-state index in [1.54, 1.807) is 12.1 Å². The second-order valence-corrected chi connectivity index (χ2v) is 2.46. The first-order valence-corrected chi connectivity index (χ1v) is 3.70.